The van der Waals surface area contributed by atoms with Gasteiger partial charge in [-0.2, -0.15) is 0 Å². The summed E-state index contributed by atoms with van der Waals surface area (Å²) in [7, 11) is 7.10. The van der Waals surface area contributed by atoms with Crippen LogP contribution in [0.3, 0.4) is 0 Å². The largest absolute Gasteiger partial charge is 0.493 e. The summed E-state index contributed by atoms with van der Waals surface area (Å²) in [4.78, 5) is 29.5. The molecule has 11 heteroatoms. The molecule has 2 aromatic carbocycles. The van der Waals surface area contributed by atoms with Gasteiger partial charge in [-0.15, -0.1) is 0 Å². The van der Waals surface area contributed by atoms with E-state index in [4.69, 9.17) is 28.4 Å². The van der Waals surface area contributed by atoms with Crippen molar-refractivity contribution in [3.63, 3.8) is 0 Å². The van der Waals surface area contributed by atoms with Gasteiger partial charge in [0.25, 0.3) is 0 Å². The molecule has 3 aromatic rings. The number of benzene rings is 2. The van der Waals surface area contributed by atoms with Crippen LogP contribution in [0.5, 0.6) is 34.5 Å². The van der Waals surface area contributed by atoms with E-state index in [-0.39, 0.29) is 57.4 Å². The first-order chi connectivity index (χ1) is 19.2. The molecule has 0 saturated heterocycles. The molecule has 0 amide bonds. The molecule has 0 N–H and O–H groups in total. The Bertz CT molecular complexity index is 1440. The molecule has 0 saturated carbocycles. The van der Waals surface area contributed by atoms with Crippen LogP contribution in [-0.4, -0.2) is 51.4 Å². The van der Waals surface area contributed by atoms with Crippen LogP contribution in [0, 0.1) is 22.0 Å². The first-order valence-corrected chi connectivity index (χ1v) is 12.6. The summed E-state index contributed by atoms with van der Waals surface area (Å²) in [6.07, 6.45) is 3.78. The number of esters is 1. The van der Waals surface area contributed by atoms with E-state index < -0.39 is 10.9 Å². The summed E-state index contributed by atoms with van der Waals surface area (Å²) < 4.78 is 34.4. The molecule has 2 atom stereocenters. The van der Waals surface area contributed by atoms with Crippen LogP contribution in [0.2, 0.25) is 0 Å². The smallest absolute Gasteiger partial charge is 0.345 e. The Labute approximate surface area is 232 Å². The number of pyridine rings is 1. The second-order valence-electron chi connectivity index (χ2n) is 9.53. The zero-order valence-electron chi connectivity index (χ0n) is 23.5. The number of carbonyl (C=O) groups excluding carboxylic acids is 1. The highest BCUT2D eigenvalue weighted by molar-refractivity contribution is 5.96. The van der Waals surface area contributed by atoms with Gasteiger partial charge in [0.15, 0.2) is 17.2 Å². The normalized spacial score (nSPS) is 16.0. The third kappa shape index (κ3) is 4.83. The summed E-state index contributed by atoms with van der Waals surface area (Å²) in [5, 5.41) is 12.6. The quantitative estimate of drug-likeness (QED) is 0.157. The molecular weight excluding hydrogens is 520 g/mol. The van der Waals surface area contributed by atoms with Crippen LogP contribution in [0.1, 0.15) is 35.3 Å². The van der Waals surface area contributed by atoms with E-state index >= 15 is 0 Å². The summed E-state index contributed by atoms with van der Waals surface area (Å²) in [5.41, 5.74) is 1.76. The van der Waals surface area contributed by atoms with Crippen molar-refractivity contribution >= 4 is 11.7 Å². The molecular formula is C29H32N2O9. The van der Waals surface area contributed by atoms with Crippen molar-refractivity contribution < 1.29 is 38.1 Å². The molecule has 1 aromatic heterocycles. The van der Waals surface area contributed by atoms with Crippen LogP contribution in [0.15, 0.2) is 30.6 Å². The molecule has 0 aliphatic heterocycles. The van der Waals surface area contributed by atoms with E-state index in [9.17, 15) is 14.9 Å². The number of methoxy groups -OCH3 is 5. The van der Waals surface area contributed by atoms with Crippen LogP contribution in [0.25, 0.3) is 11.1 Å². The Morgan fingerprint density at radius 3 is 2.08 bits per heavy atom. The number of ether oxygens (including phenoxy) is 6. The van der Waals surface area contributed by atoms with Gasteiger partial charge in [0.1, 0.15) is 0 Å². The minimum atomic E-state index is -0.728. The molecule has 0 bridgehead atoms. The maximum Gasteiger partial charge on any atom is 0.345 e. The highest BCUT2D eigenvalue weighted by atomic mass is 16.6. The van der Waals surface area contributed by atoms with Gasteiger partial charge in [-0.25, -0.2) is 4.79 Å². The summed E-state index contributed by atoms with van der Waals surface area (Å²) in [6.45, 7) is 4.11. The van der Waals surface area contributed by atoms with Crippen molar-refractivity contribution in [2.45, 2.75) is 26.7 Å². The second kappa shape index (κ2) is 11.7. The van der Waals surface area contributed by atoms with E-state index in [1.807, 2.05) is 13.0 Å². The van der Waals surface area contributed by atoms with E-state index in [0.29, 0.717) is 29.7 Å². The van der Waals surface area contributed by atoms with Crippen molar-refractivity contribution in [2.75, 3.05) is 35.5 Å². The number of hydrogen-bond acceptors (Lipinski definition) is 10. The zero-order chi connectivity index (χ0) is 29.1. The summed E-state index contributed by atoms with van der Waals surface area (Å²) in [5.74, 6) is 0.0997. The van der Waals surface area contributed by atoms with Crippen LogP contribution in [0.4, 0.5) is 5.69 Å². The molecule has 11 nitrogen and oxygen atoms in total. The SMILES string of the molecule is COc1cc2c(c(OC)c1OC)-c1c(c([N+](=O)[O-])c(OC)c(OC)c1OC(=O)c1cccnc1)CC(C)C(C)C2. The average molecular weight is 553 g/mol. The number of fused-ring (bicyclic) bond motifs is 3. The number of rotatable bonds is 8. The third-order valence-electron chi connectivity index (χ3n) is 7.33. The Kier molecular flexibility index (Phi) is 8.32. The molecule has 2 unspecified atom stereocenters. The first kappa shape index (κ1) is 28.5. The second-order valence-corrected chi connectivity index (χ2v) is 9.53. The molecule has 0 fully saturated rings. The Balaban J connectivity index is 2.23. The van der Waals surface area contributed by atoms with Gasteiger partial charge in [0, 0.05) is 29.1 Å². The van der Waals surface area contributed by atoms with E-state index in [0.717, 1.165) is 5.56 Å². The predicted octanol–water partition coefficient (Wildman–Crippen LogP) is 5.29. The fourth-order valence-electron chi connectivity index (χ4n) is 5.19. The lowest BCUT2D eigenvalue weighted by atomic mass is 9.77. The topological polar surface area (TPSA) is 128 Å². The number of nitro groups is 1. The average Bonchev–Trinajstić information content (AvgIpc) is 2.95. The van der Waals surface area contributed by atoms with Crippen molar-refractivity contribution in [1.82, 2.24) is 4.98 Å². The number of aromatic nitrogens is 1. The van der Waals surface area contributed by atoms with Gasteiger partial charge in [-0.1, -0.05) is 13.8 Å². The predicted molar refractivity (Wildman–Crippen MR) is 146 cm³/mol. The van der Waals surface area contributed by atoms with E-state index in [2.05, 4.69) is 11.9 Å². The highest BCUT2D eigenvalue weighted by Crippen LogP contribution is 2.59. The lowest BCUT2D eigenvalue weighted by Crippen LogP contribution is -2.20. The van der Waals surface area contributed by atoms with Gasteiger partial charge < -0.3 is 28.4 Å². The Morgan fingerprint density at radius 1 is 0.875 bits per heavy atom. The van der Waals surface area contributed by atoms with E-state index in [1.54, 1.807) is 12.1 Å². The molecule has 40 heavy (non-hydrogen) atoms. The minimum absolute atomic E-state index is 0.00432. The third-order valence-corrected chi connectivity index (χ3v) is 7.33. The van der Waals surface area contributed by atoms with Gasteiger partial charge in [0.2, 0.25) is 17.2 Å². The zero-order valence-corrected chi connectivity index (χ0v) is 23.5. The lowest BCUT2D eigenvalue weighted by molar-refractivity contribution is -0.386. The van der Waals surface area contributed by atoms with Crippen LogP contribution < -0.4 is 28.4 Å². The fraction of sp³-hybridized carbons (Fsp3) is 0.379. The standard InChI is InChI=1S/C29H32N2O9/c1-15-11-18-13-20(35-3)24(36-4)25(37-5)21(18)22-19(12-16(15)2)23(31(33)34)27(38-6)28(39-7)26(22)40-29(32)17-9-8-10-30-14-17/h8-10,13-16H,11-12H2,1-7H3. The lowest BCUT2D eigenvalue weighted by Gasteiger charge is -2.30. The van der Waals surface area contributed by atoms with Crippen molar-refractivity contribution in [3.8, 4) is 45.6 Å². The van der Waals surface area contributed by atoms with E-state index in [1.165, 1.54) is 47.9 Å². The number of hydrogen-bond donors (Lipinski definition) is 0. The van der Waals surface area contributed by atoms with Crippen molar-refractivity contribution in [3.05, 3.63) is 57.4 Å². The number of nitrogens with zero attached hydrogens (tertiary/aromatic N) is 2. The molecule has 1 aliphatic carbocycles. The van der Waals surface area contributed by atoms with Gasteiger partial charge in [-0.3, -0.25) is 15.1 Å². The fourth-order valence-corrected chi connectivity index (χ4v) is 5.19. The van der Waals surface area contributed by atoms with Gasteiger partial charge in [-0.05, 0) is 48.4 Å². The molecule has 212 valence electrons. The minimum Gasteiger partial charge on any atom is -0.493 e. The molecule has 1 heterocycles. The van der Waals surface area contributed by atoms with Crippen LogP contribution >= 0.6 is 0 Å². The van der Waals surface area contributed by atoms with Crippen LogP contribution in [-0.2, 0) is 12.8 Å². The highest BCUT2D eigenvalue weighted by Gasteiger charge is 2.40. The number of carbonyl (C=O) groups is 1. The Hall–Kier alpha value is -4.54. The molecule has 4 rings (SSSR count). The maximum atomic E-state index is 13.4. The molecule has 0 spiro atoms. The van der Waals surface area contributed by atoms with Crippen molar-refractivity contribution in [1.29, 1.82) is 0 Å². The number of nitro benzene ring substituents is 1. The first-order valence-electron chi connectivity index (χ1n) is 12.6. The maximum absolute atomic E-state index is 13.4. The molecule has 1 aliphatic rings. The summed E-state index contributed by atoms with van der Waals surface area (Å²) in [6, 6.07) is 4.98. The van der Waals surface area contributed by atoms with Gasteiger partial charge >= 0.3 is 11.7 Å². The Morgan fingerprint density at radius 2 is 1.52 bits per heavy atom. The monoisotopic (exact) mass is 552 g/mol. The molecule has 0 radical (unpaired) electrons. The summed E-state index contributed by atoms with van der Waals surface area (Å²) >= 11 is 0. The van der Waals surface area contributed by atoms with Gasteiger partial charge in [0.05, 0.1) is 46.0 Å². The van der Waals surface area contributed by atoms with Crippen molar-refractivity contribution in [2.24, 2.45) is 11.8 Å².